The maximum absolute atomic E-state index is 12.1. The molecule has 1 heterocycles. The van der Waals surface area contributed by atoms with Gasteiger partial charge in [-0.25, -0.2) is 0 Å². The van der Waals surface area contributed by atoms with Crippen molar-refractivity contribution < 1.29 is 9.32 Å². The lowest BCUT2D eigenvalue weighted by Crippen LogP contribution is -2.27. The van der Waals surface area contributed by atoms with Gasteiger partial charge < -0.3 is 9.84 Å². The van der Waals surface area contributed by atoms with Gasteiger partial charge in [0.1, 0.15) is 0 Å². The number of carbonyl (C=O) groups is 1. The molecule has 1 aliphatic carbocycles. The molecular formula is C19H25N3O2. The van der Waals surface area contributed by atoms with Gasteiger partial charge in [-0.1, -0.05) is 56.0 Å². The van der Waals surface area contributed by atoms with E-state index in [1.807, 2.05) is 25.1 Å². The third kappa shape index (κ3) is 4.22. The average molecular weight is 327 g/mol. The number of aromatic nitrogens is 2. The number of hydrogen-bond acceptors (Lipinski definition) is 4. The van der Waals surface area contributed by atoms with Gasteiger partial charge >= 0.3 is 0 Å². The van der Waals surface area contributed by atoms with Crippen LogP contribution in [-0.4, -0.2) is 22.6 Å². The molecule has 5 heteroatoms. The zero-order valence-electron chi connectivity index (χ0n) is 14.2. The van der Waals surface area contributed by atoms with Crippen LogP contribution in [0, 0.1) is 0 Å². The van der Waals surface area contributed by atoms with Gasteiger partial charge in [-0.15, -0.1) is 0 Å². The molecule has 3 rings (SSSR count). The Morgan fingerprint density at radius 1 is 1.21 bits per heavy atom. The summed E-state index contributed by atoms with van der Waals surface area (Å²) < 4.78 is 5.50. The zero-order valence-corrected chi connectivity index (χ0v) is 14.2. The van der Waals surface area contributed by atoms with E-state index in [2.05, 4.69) is 15.5 Å². The van der Waals surface area contributed by atoms with Gasteiger partial charge in [0.05, 0.1) is 0 Å². The highest BCUT2D eigenvalue weighted by Gasteiger charge is 2.22. The Morgan fingerprint density at radius 3 is 2.62 bits per heavy atom. The number of hydrogen-bond donors (Lipinski definition) is 1. The highest BCUT2D eigenvalue weighted by atomic mass is 16.5. The van der Waals surface area contributed by atoms with Crippen LogP contribution in [0.25, 0.3) is 0 Å². The molecule has 0 saturated heterocycles. The number of amides is 1. The smallest absolute Gasteiger partial charge is 0.251 e. The summed E-state index contributed by atoms with van der Waals surface area (Å²) in [6, 6.07) is 9.22. The first-order valence-corrected chi connectivity index (χ1v) is 8.91. The van der Waals surface area contributed by atoms with Crippen molar-refractivity contribution in [2.75, 3.05) is 6.54 Å². The molecular weight excluding hydrogens is 302 g/mol. The summed E-state index contributed by atoms with van der Waals surface area (Å²) in [4.78, 5) is 16.7. The van der Waals surface area contributed by atoms with E-state index in [0.717, 1.165) is 18.7 Å². The predicted molar refractivity (Wildman–Crippen MR) is 91.9 cm³/mol. The fourth-order valence-electron chi connectivity index (χ4n) is 3.17. The monoisotopic (exact) mass is 327 g/mol. The van der Waals surface area contributed by atoms with Gasteiger partial charge in [0.25, 0.3) is 5.91 Å². The van der Waals surface area contributed by atoms with Gasteiger partial charge in [-0.05, 0) is 25.0 Å². The Kier molecular flexibility index (Phi) is 5.62. The molecule has 5 nitrogen and oxygen atoms in total. The second-order valence-electron chi connectivity index (χ2n) is 6.66. The lowest BCUT2D eigenvalue weighted by Gasteiger charge is -2.09. The van der Waals surface area contributed by atoms with Crippen LogP contribution in [0.3, 0.4) is 0 Å². The zero-order chi connectivity index (χ0) is 16.8. The van der Waals surface area contributed by atoms with E-state index in [1.165, 1.54) is 25.7 Å². The van der Waals surface area contributed by atoms with Crippen molar-refractivity contribution in [1.82, 2.24) is 15.5 Å². The Bertz CT molecular complexity index is 646. The maximum atomic E-state index is 12.1. The van der Waals surface area contributed by atoms with Crippen LogP contribution >= 0.6 is 0 Å². The Morgan fingerprint density at radius 2 is 1.92 bits per heavy atom. The van der Waals surface area contributed by atoms with Gasteiger partial charge in [0, 0.05) is 23.9 Å². The molecule has 1 N–H and O–H groups in total. The molecule has 2 aromatic rings. The number of nitrogens with one attached hydrogen (secondary N) is 1. The van der Waals surface area contributed by atoms with Crippen LogP contribution in [0.1, 0.15) is 79.4 Å². The summed E-state index contributed by atoms with van der Waals surface area (Å²) in [7, 11) is 0. The summed E-state index contributed by atoms with van der Waals surface area (Å²) in [5, 5.41) is 7.07. The van der Waals surface area contributed by atoms with Crippen LogP contribution < -0.4 is 5.32 Å². The third-order valence-corrected chi connectivity index (χ3v) is 4.71. The minimum atomic E-state index is -0.0741. The molecule has 1 unspecified atom stereocenters. The normalized spacial score (nSPS) is 17.2. The summed E-state index contributed by atoms with van der Waals surface area (Å²) >= 11 is 0. The highest BCUT2D eigenvalue weighted by molar-refractivity contribution is 5.94. The largest absolute Gasteiger partial charge is 0.351 e. The maximum Gasteiger partial charge on any atom is 0.251 e. The first kappa shape index (κ1) is 16.7. The van der Waals surface area contributed by atoms with Crippen LogP contribution in [0.4, 0.5) is 0 Å². The lowest BCUT2D eigenvalue weighted by molar-refractivity contribution is 0.0951. The molecule has 128 valence electrons. The third-order valence-electron chi connectivity index (χ3n) is 4.71. The molecule has 1 fully saturated rings. The van der Waals surface area contributed by atoms with Crippen molar-refractivity contribution >= 4 is 5.91 Å². The number of benzene rings is 1. The second-order valence-corrected chi connectivity index (χ2v) is 6.66. The molecule has 24 heavy (non-hydrogen) atoms. The van der Waals surface area contributed by atoms with Crippen molar-refractivity contribution in [2.45, 2.75) is 57.3 Å². The summed E-state index contributed by atoms with van der Waals surface area (Å²) in [5.41, 5.74) is 0.664. The van der Waals surface area contributed by atoms with Crippen molar-refractivity contribution in [3.8, 4) is 0 Å². The van der Waals surface area contributed by atoms with Crippen molar-refractivity contribution in [1.29, 1.82) is 0 Å². The molecule has 1 saturated carbocycles. The quantitative estimate of drug-likeness (QED) is 0.842. The Labute approximate surface area is 142 Å². The van der Waals surface area contributed by atoms with Gasteiger partial charge in [0.15, 0.2) is 5.82 Å². The van der Waals surface area contributed by atoms with Crippen LogP contribution in [-0.2, 0) is 0 Å². The van der Waals surface area contributed by atoms with E-state index in [0.29, 0.717) is 23.9 Å². The molecule has 1 aromatic heterocycles. The average Bonchev–Trinajstić information content (AvgIpc) is 2.96. The Balaban J connectivity index is 1.55. The highest BCUT2D eigenvalue weighted by Crippen LogP contribution is 2.31. The van der Waals surface area contributed by atoms with Crippen molar-refractivity contribution in [2.24, 2.45) is 0 Å². The van der Waals surface area contributed by atoms with E-state index < -0.39 is 0 Å². The number of nitrogens with zero attached hydrogens (tertiary/aromatic N) is 2. The minimum absolute atomic E-state index is 0.0286. The second kappa shape index (κ2) is 8.08. The molecule has 1 amide bonds. The molecule has 0 aliphatic heterocycles. The van der Waals surface area contributed by atoms with E-state index >= 15 is 0 Å². The molecule has 0 bridgehead atoms. The first-order chi connectivity index (χ1) is 11.7. The molecule has 0 spiro atoms. The molecule has 1 atom stereocenters. The predicted octanol–water partition coefficient (Wildman–Crippen LogP) is 4.04. The molecule has 0 radical (unpaired) electrons. The van der Waals surface area contributed by atoms with Gasteiger partial charge in [-0.3, -0.25) is 4.79 Å². The van der Waals surface area contributed by atoms with E-state index in [-0.39, 0.29) is 11.8 Å². The summed E-state index contributed by atoms with van der Waals surface area (Å²) in [5.74, 6) is 1.81. The number of carbonyl (C=O) groups excluding carboxylic acids is 1. The SMILES string of the molecule is CC(CNC(=O)c1ccccc1)c1noc(C2CCCCCC2)n1. The summed E-state index contributed by atoms with van der Waals surface area (Å²) in [6.07, 6.45) is 7.37. The Hall–Kier alpha value is -2.17. The van der Waals surface area contributed by atoms with E-state index in [1.54, 1.807) is 12.1 Å². The van der Waals surface area contributed by atoms with Crippen LogP contribution in [0.15, 0.2) is 34.9 Å². The van der Waals surface area contributed by atoms with Crippen LogP contribution in [0.2, 0.25) is 0 Å². The lowest BCUT2D eigenvalue weighted by atomic mass is 10.0. The van der Waals surface area contributed by atoms with Crippen LogP contribution in [0.5, 0.6) is 0 Å². The van der Waals surface area contributed by atoms with Gasteiger partial charge in [0.2, 0.25) is 5.89 Å². The topological polar surface area (TPSA) is 68.0 Å². The molecule has 1 aliphatic rings. The number of rotatable bonds is 5. The van der Waals surface area contributed by atoms with Crippen molar-refractivity contribution in [3.05, 3.63) is 47.6 Å². The fourth-order valence-corrected chi connectivity index (χ4v) is 3.17. The minimum Gasteiger partial charge on any atom is -0.351 e. The standard InChI is InChI=1S/C19H25N3O2/c1-14(13-20-18(23)15-9-7-4-8-10-15)17-21-19(24-22-17)16-11-5-2-3-6-12-16/h4,7-10,14,16H,2-3,5-6,11-13H2,1H3,(H,20,23). The van der Waals surface area contributed by atoms with E-state index in [4.69, 9.17) is 4.52 Å². The van der Waals surface area contributed by atoms with Crippen molar-refractivity contribution in [3.63, 3.8) is 0 Å². The molecule has 1 aromatic carbocycles. The van der Waals surface area contributed by atoms with Gasteiger partial charge in [-0.2, -0.15) is 4.98 Å². The fraction of sp³-hybridized carbons (Fsp3) is 0.526. The summed E-state index contributed by atoms with van der Waals surface area (Å²) in [6.45, 7) is 2.50. The van der Waals surface area contributed by atoms with E-state index in [9.17, 15) is 4.79 Å². The first-order valence-electron chi connectivity index (χ1n) is 8.91.